The van der Waals surface area contributed by atoms with E-state index in [-0.39, 0.29) is 48.9 Å². The van der Waals surface area contributed by atoms with E-state index in [0.29, 0.717) is 22.0 Å². The van der Waals surface area contributed by atoms with Gasteiger partial charge in [-0.25, -0.2) is 28.8 Å². The van der Waals surface area contributed by atoms with E-state index in [2.05, 4.69) is 30.6 Å². The van der Waals surface area contributed by atoms with Crippen molar-refractivity contribution in [3.05, 3.63) is 163 Å². The SMILES string of the molecule is CC[C@H]1O[C@@H](n2ccc(N)nc2=O)C(F)(F)C1O[Si](C)(C)C.CC[C@H]1O[C@@H](n2ccc(NC(=O)OCc3ccccc3)nc2=O)C(F)(F)C1O[Si](C)(C)C.Cl.Nc1ccn([C@@H]2O[C@H](CO)C(O)C2(F)F)c(=O)n1.O=C(Nc1ccn([C@@H]2O[C@H](CO)C(O)C2(F)F)c(=O)n1)OCc1ccccc1. The highest BCUT2D eigenvalue weighted by atomic mass is 35.5. The number of carbonyl (C=O) groups excluding carboxylic acids is 2. The number of nitrogens with two attached hydrogens (primary N) is 2. The summed E-state index contributed by atoms with van der Waals surface area (Å²) in [6.07, 6.45) is -16.5. The average Bonchev–Trinajstić information content (AvgIpc) is 1.64. The van der Waals surface area contributed by atoms with Crippen molar-refractivity contribution in [2.24, 2.45) is 0 Å². The molecule has 4 unspecified atom stereocenters. The van der Waals surface area contributed by atoms with Gasteiger partial charge in [0, 0.05) is 24.8 Å². The standard InChI is InChI=1S/C21H27F2N3O5Si.C17H17F2N3O6.C13H21F2N3O3Si.C9H11F2N3O4.ClH/c1-5-15-17(31-32(2,3)4)21(22,23)18(30-15)26-12-11-16(24-19(26)27)25-20(28)29-13-14-9-7-6-8-10-14;18-17(19)13(24)11(8-23)28-14(17)22-7-6-12(20-15(22)25)21-16(26)27-9-10-4-2-1-3-5-10;1-5-8-10(21-22(2,3)4)13(14,15)11(20-8)18-7-6-9(16)17-12(18)19;10-9(11)6(16)4(3-15)18-7(9)14-2-1-5(12)13-8(14)17;/h6-12,15,17-18H,5,13H2,1-4H3,(H,24,25,27,28);1-7,11,13-14,23-24H,8-9H2,(H,20,21,25,26);6-8,10-11H,5H2,1-4H3,(H2,16,17,19);1-2,4,6-7,15-16H,3H2,(H2,12,13,17);1H/t15-,17?,18-;11-,13?,14-;8-,10?,11-;4-,6?,7-;/m1111./s1. The Bertz CT molecular complexity index is 4000. The van der Waals surface area contributed by atoms with Crippen LogP contribution in [0.4, 0.5) is 68.0 Å². The maximum absolute atomic E-state index is 15.2. The number of ether oxygens (including phenoxy) is 6. The maximum Gasteiger partial charge on any atom is 0.413 e. The summed E-state index contributed by atoms with van der Waals surface area (Å²) in [4.78, 5) is 85.5. The Morgan fingerprint density at radius 2 is 0.772 bits per heavy atom. The van der Waals surface area contributed by atoms with Gasteiger partial charge in [0.15, 0.2) is 28.8 Å². The molecule has 4 aromatic heterocycles. The van der Waals surface area contributed by atoms with Gasteiger partial charge < -0.3 is 69.2 Å². The lowest BCUT2D eigenvalue weighted by Gasteiger charge is -2.30. The van der Waals surface area contributed by atoms with Crippen LogP contribution in [0.3, 0.4) is 0 Å². The van der Waals surface area contributed by atoms with E-state index in [9.17, 15) is 65.3 Å². The van der Waals surface area contributed by atoms with E-state index >= 15 is 8.78 Å². The molecule has 6 aromatic rings. The molecule has 10 N–H and O–H groups in total. The molecule has 0 aliphatic carbocycles. The Labute approximate surface area is 577 Å². The Kier molecular flexibility index (Phi) is 27.4. The largest absolute Gasteiger partial charge is 0.444 e. The van der Waals surface area contributed by atoms with Crippen LogP contribution in [-0.4, -0.2) is 173 Å². The Morgan fingerprint density at radius 3 is 1.04 bits per heavy atom. The minimum absolute atomic E-state index is 0. The number of aliphatic hydroxyl groups is 4. The van der Waals surface area contributed by atoms with Crippen LogP contribution >= 0.6 is 12.4 Å². The predicted octanol–water partition coefficient (Wildman–Crippen LogP) is 6.15. The number of hydrogen-bond acceptors (Lipinski definition) is 24. The van der Waals surface area contributed by atoms with Crippen LogP contribution in [0.1, 0.15) is 62.7 Å². The maximum atomic E-state index is 15.2. The summed E-state index contributed by atoms with van der Waals surface area (Å²) in [5.74, 6) is -14.8. The van der Waals surface area contributed by atoms with E-state index in [1.807, 2.05) is 51.4 Å². The molecule has 30 nitrogen and oxygen atoms in total. The van der Waals surface area contributed by atoms with E-state index in [1.165, 1.54) is 18.3 Å². The number of carbonyl (C=O) groups is 2. The number of aromatic nitrogens is 8. The first kappa shape index (κ1) is 81.8. The van der Waals surface area contributed by atoms with Gasteiger partial charge in [-0.05, 0) is 87.5 Å². The number of halogens is 9. The van der Waals surface area contributed by atoms with Crippen molar-refractivity contribution in [3.63, 3.8) is 0 Å². The second-order valence-corrected chi connectivity index (χ2v) is 33.6. The minimum Gasteiger partial charge on any atom is -0.444 e. The van der Waals surface area contributed by atoms with Gasteiger partial charge in [0.1, 0.15) is 60.9 Å². The number of rotatable bonds is 18. The van der Waals surface area contributed by atoms with E-state index in [0.717, 1.165) is 51.0 Å². The Balaban J connectivity index is 0.000000216. The molecule has 8 heterocycles. The fourth-order valence-corrected chi connectivity index (χ4v) is 12.3. The lowest BCUT2D eigenvalue weighted by atomic mass is 10.1. The second-order valence-electron chi connectivity index (χ2n) is 24.6. The fraction of sp³-hybridized carbons (Fsp3) is 0.500. The molecule has 0 radical (unpaired) electrons. The van der Waals surface area contributed by atoms with Gasteiger partial charge in [0.2, 0.25) is 24.9 Å². The van der Waals surface area contributed by atoms with Crippen molar-refractivity contribution < 1.29 is 102 Å². The molecular formula is C60H77ClF8N12O18Si2. The number of aliphatic hydroxyl groups excluding tert-OH is 4. The molecule has 4 saturated heterocycles. The molecule has 2 aromatic carbocycles. The van der Waals surface area contributed by atoms with E-state index in [1.54, 1.807) is 62.4 Å². The molecule has 556 valence electrons. The smallest absolute Gasteiger partial charge is 0.413 e. The highest BCUT2D eigenvalue weighted by molar-refractivity contribution is 6.70. The van der Waals surface area contributed by atoms with Crippen molar-refractivity contribution in [1.82, 2.24) is 38.2 Å². The molecule has 41 heteroatoms. The Morgan fingerprint density at radius 1 is 0.485 bits per heavy atom. The first-order chi connectivity index (χ1) is 46.8. The monoisotopic (exact) mass is 1500 g/mol. The number of alkyl halides is 8. The third-order valence-electron chi connectivity index (χ3n) is 14.8. The average molecular weight is 1500 g/mol. The summed E-state index contributed by atoms with van der Waals surface area (Å²) in [6, 6.07) is 22.7. The van der Waals surface area contributed by atoms with Gasteiger partial charge in [-0.1, -0.05) is 74.5 Å². The molecule has 0 bridgehead atoms. The van der Waals surface area contributed by atoms with Crippen LogP contribution in [0.15, 0.2) is 129 Å². The number of nitrogens with one attached hydrogen (secondary N) is 2. The number of hydrogen-bond donors (Lipinski definition) is 8. The summed E-state index contributed by atoms with van der Waals surface area (Å²) in [6.45, 7) is 12.8. The predicted molar refractivity (Wildman–Crippen MR) is 349 cm³/mol. The number of nitrogens with zero attached hydrogens (tertiary/aromatic N) is 8. The molecule has 4 aliphatic heterocycles. The number of anilines is 4. The van der Waals surface area contributed by atoms with Crippen LogP contribution < -0.4 is 44.9 Å². The number of benzene rings is 2. The van der Waals surface area contributed by atoms with Crippen LogP contribution in [0.5, 0.6) is 0 Å². The lowest BCUT2D eigenvalue weighted by Crippen LogP contribution is -2.47. The van der Waals surface area contributed by atoms with Crippen molar-refractivity contribution in [1.29, 1.82) is 0 Å². The van der Waals surface area contributed by atoms with Gasteiger partial charge in [-0.3, -0.25) is 28.9 Å². The van der Waals surface area contributed by atoms with Crippen LogP contribution in [0, 0.1) is 0 Å². The summed E-state index contributed by atoms with van der Waals surface area (Å²) in [7, 11) is -4.50. The van der Waals surface area contributed by atoms with Gasteiger partial charge in [0.25, 0.3) is 0 Å². The first-order valence-electron chi connectivity index (χ1n) is 30.7. The Hall–Kier alpha value is -8.14. The van der Waals surface area contributed by atoms with E-state index in [4.69, 9.17) is 59.0 Å². The van der Waals surface area contributed by atoms with Crippen LogP contribution in [0.2, 0.25) is 39.3 Å². The normalized spacial score (nSPS) is 25.1. The zero-order valence-corrected chi connectivity index (χ0v) is 58.0. The molecule has 4 aliphatic rings. The van der Waals surface area contributed by atoms with Crippen molar-refractivity contribution in [2.45, 2.75) is 177 Å². The topological polar surface area (TPSA) is 405 Å². The van der Waals surface area contributed by atoms with E-state index < -0.39 is 162 Å². The summed E-state index contributed by atoms with van der Waals surface area (Å²) < 4.78 is 160. The van der Waals surface area contributed by atoms with Crippen molar-refractivity contribution >= 4 is 64.5 Å². The molecule has 4 fully saturated rings. The minimum atomic E-state index is -3.82. The highest BCUT2D eigenvalue weighted by Gasteiger charge is 2.64. The fourth-order valence-electron chi connectivity index (χ4n) is 10.1. The molecule has 0 spiro atoms. The molecule has 0 saturated carbocycles. The van der Waals surface area contributed by atoms with Gasteiger partial charge in [-0.15, -0.1) is 12.4 Å². The molecular weight excluding hydrogens is 1420 g/mol. The second kappa shape index (κ2) is 33.8. The summed E-state index contributed by atoms with van der Waals surface area (Å²) in [5.41, 5.74) is 8.13. The van der Waals surface area contributed by atoms with Gasteiger partial charge in [0.05, 0.1) is 25.4 Å². The third kappa shape index (κ3) is 20.2. The summed E-state index contributed by atoms with van der Waals surface area (Å²) in [5, 5.41) is 41.2. The van der Waals surface area contributed by atoms with Crippen molar-refractivity contribution in [3.8, 4) is 0 Å². The molecule has 12 atom stereocenters. The quantitative estimate of drug-likeness (QED) is 0.0353. The van der Waals surface area contributed by atoms with Crippen molar-refractivity contribution in [2.75, 3.05) is 35.3 Å². The zero-order chi connectivity index (χ0) is 74.0. The highest BCUT2D eigenvalue weighted by Crippen LogP contribution is 2.48. The third-order valence-corrected chi connectivity index (χ3v) is 16.8. The zero-order valence-electron chi connectivity index (χ0n) is 55.2. The number of amides is 2. The van der Waals surface area contributed by atoms with Gasteiger partial charge in [-0.2, -0.15) is 55.1 Å². The van der Waals surface area contributed by atoms with Crippen LogP contribution in [-0.2, 0) is 50.5 Å². The molecule has 101 heavy (non-hydrogen) atoms. The van der Waals surface area contributed by atoms with Gasteiger partial charge >= 0.3 is 58.6 Å². The molecule has 2 amide bonds. The number of nitrogen functional groups attached to an aromatic ring is 2. The van der Waals surface area contributed by atoms with Crippen LogP contribution in [0.25, 0.3) is 0 Å². The summed E-state index contributed by atoms with van der Waals surface area (Å²) >= 11 is 0. The first-order valence-corrected chi connectivity index (χ1v) is 37.5. The molecule has 10 rings (SSSR count). The lowest BCUT2D eigenvalue weighted by molar-refractivity contribution is -0.141.